The Morgan fingerprint density at radius 2 is 1.94 bits per heavy atom. The normalized spacial score (nSPS) is 21.8. The Morgan fingerprint density at radius 3 is 2.44 bits per heavy atom. The smallest absolute Gasteiger partial charge is 0.139 e. The van der Waals surface area contributed by atoms with Crippen LogP contribution in [-0.2, 0) is 10.3 Å². The molecule has 0 atom stereocenters. The third kappa shape index (κ3) is 2.68. The maximum absolute atomic E-state index is 5.80. The highest BCUT2D eigenvalue weighted by Gasteiger charge is 2.41. The van der Waals surface area contributed by atoms with Gasteiger partial charge in [0.15, 0.2) is 0 Å². The number of halogens is 1. The Bertz CT molecular complexity index is 488. The Kier molecular flexibility index (Phi) is 3.95. The van der Waals surface area contributed by atoms with Crippen LogP contribution in [0.4, 0.5) is 0 Å². The predicted octanol–water partition coefficient (Wildman–Crippen LogP) is 4.34. The molecular weight excluding hydrogens is 312 g/mol. The van der Waals surface area contributed by atoms with Crippen LogP contribution in [0.25, 0.3) is 0 Å². The van der Waals surface area contributed by atoms with Crippen LogP contribution in [0.15, 0.2) is 10.7 Å². The van der Waals surface area contributed by atoms with Gasteiger partial charge >= 0.3 is 0 Å². The molecule has 1 fully saturated rings. The van der Waals surface area contributed by atoms with Gasteiger partial charge in [-0.05, 0) is 47.0 Å². The number of ether oxygens (including phenoxy) is 1. The first-order valence-corrected chi connectivity index (χ1v) is 7.39. The SMILES string of the molecule is COC1(c2ncc(Br)c(=S)[nH]2)CCC(C)(C)CC1. The summed E-state index contributed by atoms with van der Waals surface area (Å²) >= 11 is 8.63. The van der Waals surface area contributed by atoms with E-state index in [2.05, 4.69) is 39.7 Å². The molecule has 0 aliphatic heterocycles. The van der Waals surface area contributed by atoms with E-state index in [4.69, 9.17) is 17.0 Å². The molecule has 1 aliphatic carbocycles. The molecule has 1 saturated carbocycles. The van der Waals surface area contributed by atoms with Crippen LogP contribution in [0.1, 0.15) is 45.4 Å². The van der Waals surface area contributed by atoms with Crippen molar-refractivity contribution >= 4 is 28.1 Å². The van der Waals surface area contributed by atoms with E-state index in [9.17, 15) is 0 Å². The molecule has 1 aromatic rings. The van der Waals surface area contributed by atoms with Crippen molar-refractivity contribution < 1.29 is 4.74 Å². The predicted molar refractivity (Wildman–Crippen MR) is 78.1 cm³/mol. The van der Waals surface area contributed by atoms with Crippen LogP contribution in [0.3, 0.4) is 0 Å². The second-order valence-electron chi connectivity index (χ2n) is 5.77. The zero-order valence-corrected chi connectivity index (χ0v) is 13.4. The highest BCUT2D eigenvalue weighted by atomic mass is 79.9. The molecule has 0 saturated heterocycles. The number of rotatable bonds is 2. The van der Waals surface area contributed by atoms with E-state index in [0.29, 0.717) is 10.1 Å². The highest BCUT2D eigenvalue weighted by molar-refractivity contribution is 9.10. The number of hydrogen-bond donors (Lipinski definition) is 1. The minimum Gasteiger partial charge on any atom is -0.370 e. The van der Waals surface area contributed by atoms with Gasteiger partial charge in [-0.1, -0.05) is 26.1 Å². The van der Waals surface area contributed by atoms with Gasteiger partial charge in [0, 0.05) is 13.3 Å². The molecule has 18 heavy (non-hydrogen) atoms. The van der Waals surface area contributed by atoms with E-state index < -0.39 is 0 Å². The Balaban J connectivity index is 2.33. The molecule has 1 aliphatic rings. The standard InChI is InChI=1S/C13H19BrN2OS/c1-12(2)4-6-13(17-3,7-5-12)11-15-8-9(14)10(18)16-11/h8H,4-7H2,1-3H3,(H,15,16,18). The maximum Gasteiger partial charge on any atom is 0.139 e. The van der Waals surface area contributed by atoms with Crippen molar-refractivity contribution in [2.24, 2.45) is 5.41 Å². The van der Waals surface area contributed by atoms with E-state index in [1.54, 1.807) is 13.3 Å². The molecule has 1 heterocycles. The summed E-state index contributed by atoms with van der Waals surface area (Å²) in [5.74, 6) is 0.855. The fourth-order valence-electron chi connectivity index (χ4n) is 2.48. The van der Waals surface area contributed by atoms with Crippen molar-refractivity contribution in [3.8, 4) is 0 Å². The average molecular weight is 331 g/mol. The minimum absolute atomic E-state index is 0.302. The molecule has 0 aromatic carbocycles. The van der Waals surface area contributed by atoms with Gasteiger partial charge in [0.05, 0.1) is 4.47 Å². The third-order valence-electron chi connectivity index (χ3n) is 3.99. The highest BCUT2D eigenvalue weighted by Crippen LogP contribution is 2.46. The lowest BCUT2D eigenvalue weighted by atomic mass is 9.70. The van der Waals surface area contributed by atoms with E-state index in [-0.39, 0.29) is 5.60 Å². The summed E-state index contributed by atoms with van der Waals surface area (Å²) in [5, 5.41) is 0. The second kappa shape index (κ2) is 5.02. The summed E-state index contributed by atoms with van der Waals surface area (Å²) in [7, 11) is 1.76. The van der Waals surface area contributed by atoms with Crippen LogP contribution in [0.2, 0.25) is 0 Å². The van der Waals surface area contributed by atoms with Gasteiger partial charge in [0.25, 0.3) is 0 Å². The van der Waals surface area contributed by atoms with Crippen LogP contribution < -0.4 is 0 Å². The quantitative estimate of drug-likeness (QED) is 0.819. The Morgan fingerprint density at radius 1 is 1.33 bits per heavy atom. The number of nitrogens with one attached hydrogen (secondary N) is 1. The van der Waals surface area contributed by atoms with Gasteiger partial charge in [-0.15, -0.1) is 0 Å². The number of hydrogen-bond acceptors (Lipinski definition) is 3. The largest absolute Gasteiger partial charge is 0.370 e. The zero-order valence-electron chi connectivity index (χ0n) is 11.0. The van der Waals surface area contributed by atoms with E-state index in [0.717, 1.165) is 36.0 Å². The Hall–Kier alpha value is -0.260. The fourth-order valence-corrected chi connectivity index (χ4v) is 2.83. The maximum atomic E-state index is 5.80. The molecule has 0 unspecified atom stereocenters. The first-order chi connectivity index (χ1) is 8.38. The molecule has 0 bridgehead atoms. The van der Waals surface area contributed by atoms with Crippen molar-refractivity contribution in [3.05, 3.63) is 21.1 Å². The molecule has 2 rings (SSSR count). The molecule has 3 nitrogen and oxygen atoms in total. The summed E-state index contributed by atoms with van der Waals surface area (Å²) in [6.45, 7) is 4.62. The molecule has 0 spiro atoms. The zero-order chi connectivity index (χ0) is 13.4. The van der Waals surface area contributed by atoms with E-state index >= 15 is 0 Å². The van der Waals surface area contributed by atoms with Crippen molar-refractivity contribution in [2.75, 3.05) is 7.11 Å². The molecule has 5 heteroatoms. The number of nitrogens with zero attached hydrogens (tertiary/aromatic N) is 1. The molecular formula is C13H19BrN2OS. The minimum atomic E-state index is -0.302. The van der Waals surface area contributed by atoms with Crippen molar-refractivity contribution in [1.29, 1.82) is 0 Å². The van der Waals surface area contributed by atoms with Gasteiger partial charge in [-0.25, -0.2) is 4.98 Å². The van der Waals surface area contributed by atoms with Gasteiger partial charge in [-0.3, -0.25) is 0 Å². The van der Waals surface area contributed by atoms with Crippen LogP contribution in [0, 0.1) is 10.1 Å². The first-order valence-electron chi connectivity index (χ1n) is 6.19. The van der Waals surface area contributed by atoms with Crippen molar-refractivity contribution in [3.63, 3.8) is 0 Å². The van der Waals surface area contributed by atoms with Crippen molar-refractivity contribution in [1.82, 2.24) is 9.97 Å². The van der Waals surface area contributed by atoms with E-state index in [1.165, 1.54) is 0 Å². The summed E-state index contributed by atoms with van der Waals surface area (Å²) in [6.07, 6.45) is 6.00. The summed E-state index contributed by atoms with van der Waals surface area (Å²) in [5.41, 5.74) is 0.0952. The lowest BCUT2D eigenvalue weighted by Crippen LogP contribution is -2.38. The van der Waals surface area contributed by atoms with Crippen LogP contribution in [0.5, 0.6) is 0 Å². The van der Waals surface area contributed by atoms with Gasteiger partial charge in [-0.2, -0.15) is 0 Å². The monoisotopic (exact) mass is 330 g/mol. The Labute approximate surface area is 121 Å². The number of H-pyrrole nitrogens is 1. The fraction of sp³-hybridized carbons (Fsp3) is 0.692. The van der Waals surface area contributed by atoms with Gasteiger partial charge in [0.2, 0.25) is 0 Å². The lowest BCUT2D eigenvalue weighted by Gasteiger charge is -2.41. The molecule has 0 amide bonds. The van der Waals surface area contributed by atoms with Gasteiger partial charge in [0.1, 0.15) is 16.1 Å². The summed E-state index contributed by atoms with van der Waals surface area (Å²) in [6, 6.07) is 0. The first kappa shape index (κ1) is 14.2. The van der Waals surface area contributed by atoms with Crippen LogP contribution >= 0.6 is 28.1 Å². The molecule has 1 aromatic heterocycles. The van der Waals surface area contributed by atoms with E-state index in [1.807, 2.05) is 0 Å². The third-order valence-corrected chi connectivity index (χ3v) is 5.18. The molecule has 1 N–H and O–H groups in total. The number of methoxy groups -OCH3 is 1. The van der Waals surface area contributed by atoms with Crippen molar-refractivity contribution in [2.45, 2.75) is 45.1 Å². The molecule has 100 valence electrons. The topological polar surface area (TPSA) is 37.9 Å². The molecule has 0 radical (unpaired) electrons. The van der Waals surface area contributed by atoms with Gasteiger partial charge < -0.3 is 9.72 Å². The van der Waals surface area contributed by atoms with Crippen LogP contribution in [-0.4, -0.2) is 17.1 Å². The number of aromatic nitrogens is 2. The lowest BCUT2D eigenvalue weighted by molar-refractivity contribution is -0.0730. The summed E-state index contributed by atoms with van der Waals surface area (Å²) < 4.78 is 7.30. The second-order valence-corrected chi connectivity index (χ2v) is 7.03. The average Bonchev–Trinajstić information content (AvgIpc) is 2.34. The summed E-state index contributed by atoms with van der Waals surface area (Å²) in [4.78, 5) is 7.66. The number of aromatic amines is 1.